The molecule has 3 aromatic rings. The molecule has 0 bridgehead atoms. The number of aromatic nitrogens is 1. The third-order valence-electron chi connectivity index (χ3n) is 4.83. The highest BCUT2D eigenvalue weighted by Crippen LogP contribution is 2.27. The Morgan fingerprint density at radius 1 is 1.19 bits per heavy atom. The summed E-state index contributed by atoms with van der Waals surface area (Å²) in [5.74, 6) is 0.310. The topological polar surface area (TPSA) is 106 Å². The quantitative estimate of drug-likeness (QED) is 0.557. The highest BCUT2D eigenvalue weighted by atomic mass is 16.6. The number of para-hydroxylation sites is 1. The molecule has 1 amide bonds. The summed E-state index contributed by atoms with van der Waals surface area (Å²) < 4.78 is 17.8. The lowest BCUT2D eigenvalue weighted by Crippen LogP contribution is -2.30. The monoisotopic (exact) mass is 421 g/mol. The molecule has 0 spiro atoms. The molecule has 31 heavy (non-hydrogen) atoms. The number of hydrogen-bond acceptors (Lipinski definition) is 6. The van der Waals surface area contributed by atoms with Gasteiger partial charge in [0.05, 0.1) is 18.4 Å². The molecular formula is C23H23N3O5. The molecule has 8 nitrogen and oxygen atoms in total. The molecule has 0 aliphatic rings. The largest absolute Gasteiger partial charge is 0.479 e. The highest BCUT2D eigenvalue weighted by Gasteiger charge is 2.22. The number of ether oxygens (including phenoxy) is 2. The van der Waals surface area contributed by atoms with E-state index in [-0.39, 0.29) is 0 Å². The summed E-state index contributed by atoms with van der Waals surface area (Å²) >= 11 is 0. The van der Waals surface area contributed by atoms with E-state index in [4.69, 9.17) is 13.9 Å². The molecule has 3 rings (SSSR count). The van der Waals surface area contributed by atoms with E-state index in [0.29, 0.717) is 29.4 Å². The summed E-state index contributed by atoms with van der Waals surface area (Å²) in [5.41, 5.74) is 1.93. The van der Waals surface area contributed by atoms with Gasteiger partial charge in [-0.2, -0.15) is 5.26 Å². The fourth-order valence-electron chi connectivity index (χ4n) is 3.06. The van der Waals surface area contributed by atoms with Gasteiger partial charge in [0.25, 0.3) is 5.91 Å². The van der Waals surface area contributed by atoms with Crippen LogP contribution in [0.3, 0.4) is 0 Å². The number of amides is 1. The van der Waals surface area contributed by atoms with Gasteiger partial charge in [0, 0.05) is 5.69 Å². The third kappa shape index (κ3) is 5.14. The van der Waals surface area contributed by atoms with Gasteiger partial charge in [0.15, 0.2) is 12.7 Å². The molecule has 1 N–H and O–H groups in total. The van der Waals surface area contributed by atoms with Gasteiger partial charge in [-0.1, -0.05) is 18.2 Å². The minimum Gasteiger partial charge on any atom is -0.479 e. The number of rotatable bonds is 8. The van der Waals surface area contributed by atoms with Crippen LogP contribution in [0.2, 0.25) is 0 Å². The third-order valence-corrected chi connectivity index (χ3v) is 4.83. The lowest BCUT2D eigenvalue weighted by Gasteiger charge is -2.15. The standard InChI is InChI=1S/C23H23N3O5/c1-15-16(2)26(13-19-10-7-11-29-19)22(20(15)12-24)25-21(27)14-30-23(28)17(3)31-18-8-5-4-6-9-18/h4-11,17H,13-14H2,1-3H3,(H,25,27)/t17-/m1/s1. The minimum atomic E-state index is -0.878. The Hall–Kier alpha value is -3.99. The van der Waals surface area contributed by atoms with Crippen LogP contribution in [0.4, 0.5) is 5.82 Å². The molecule has 0 radical (unpaired) electrons. The predicted octanol–water partition coefficient (Wildman–Crippen LogP) is 3.57. The van der Waals surface area contributed by atoms with Crippen molar-refractivity contribution in [3.63, 3.8) is 0 Å². The second-order valence-corrected chi connectivity index (χ2v) is 6.94. The Kier molecular flexibility index (Phi) is 6.78. The maximum absolute atomic E-state index is 12.5. The molecule has 2 heterocycles. The number of benzene rings is 1. The first-order chi connectivity index (χ1) is 14.9. The number of furan rings is 1. The average molecular weight is 421 g/mol. The van der Waals surface area contributed by atoms with Crippen LogP contribution in [0.1, 0.15) is 29.5 Å². The summed E-state index contributed by atoms with van der Waals surface area (Å²) in [6.07, 6.45) is 0.681. The number of anilines is 1. The molecule has 0 fully saturated rings. The summed E-state index contributed by atoms with van der Waals surface area (Å²) in [5, 5.41) is 12.3. The number of esters is 1. The van der Waals surface area contributed by atoms with E-state index in [1.165, 1.54) is 0 Å². The molecule has 0 aliphatic heterocycles. The van der Waals surface area contributed by atoms with E-state index in [2.05, 4.69) is 11.4 Å². The van der Waals surface area contributed by atoms with Crippen LogP contribution in [0.15, 0.2) is 53.1 Å². The van der Waals surface area contributed by atoms with E-state index in [1.807, 2.05) is 26.0 Å². The fraction of sp³-hybridized carbons (Fsp3) is 0.261. The van der Waals surface area contributed by atoms with E-state index in [9.17, 15) is 14.9 Å². The zero-order valence-electron chi connectivity index (χ0n) is 17.5. The van der Waals surface area contributed by atoms with E-state index < -0.39 is 24.6 Å². The van der Waals surface area contributed by atoms with Gasteiger partial charge in [-0.25, -0.2) is 4.79 Å². The van der Waals surface area contributed by atoms with E-state index >= 15 is 0 Å². The van der Waals surface area contributed by atoms with Gasteiger partial charge in [-0.05, 0) is 50.6 Å². The Morgan fingerprint density at radius 2 is 1.94 bits per heavy atom. The van der Waals surface area contributed by atoms with Gasteiger partial charge < -0.3 is 23.8 Å². The Morgan fingerprint density at radius 3 is 2.58 bits per heavy atom. The first kappa shape index (κ1) is 21.7. The first-order valence-corrected chi connectivity index (χ1v) is 9.71. The number of nitrogens with one attached hydrogen (secondary N) is 1. The van der Waals surface area contributed by atoms with Crippen molar-refractivity contribution in [2.75, 3.05) is 11.9 Å². The zero-order valence-corrected chi connectivity index (χ0v) is 17.5. The average Bonchev–Trinajstić information content (AvgIpc) is 3.35. The normalized spacial score (nSPS) is 11.4. The second kappa shape index (κ2) is 9.67. The van der Waals surface area contributed by atoms with Crippen molar-refractivity contribution in [1.82, 2.24) is 4.57 Å². The van der Waals surface area contributed by atoms with Crippen molar-refractivity contribution in [3.8, 4) is 11.8 Å². The maximum atomic E-state index is 12.5. The van der Waals surface area contributed by atoms with Gasteiger partial charge in [-0.3, -0.25) is 4.79 Å². The molecule has 1 aromatic carbocycles. The molecule has 8 heteroatoms. The molecule has 0 aliphatic carbocycles. The maximum Gasteiger partial charge on any atom is 0.347 e. The summed E-state index contributed by atoms with van der Waals surface area (Å²) in [7, 11) is 0. The molecule has 0 saturated heterocycles. The van der Waals surface area contributed by atoms with Gasteiger partial charge in [0.2, 0.25) is 0 Å². The van der Waals surface area contributed by atoms with Crippen molar-refractivity contribution in [2.24, 2.45) is 0 Å². The van der Waals surface area contributed by atoms with Crippen molar-refractivity contribution in [1.29, 1.82) is 5.26 Å². The Balaban J connectivity index is 1.65. The SMILES string of the molecule is Cc1c(C#N)c(NC(=O)COC(=O)[C@@H](C)Oc2ccccc2)n(Cc2ccco2)c1C. The van der Waals surface area contributed by atoms with E-state index in [0.717, 1.165) is 11.3 Å². The summed E-state index contributed by atoms with van der Waals surface area (Å²) in [6, 6.07) is 14.5. The van der Waals surface area contributed by atoms with Crippen molar-refractivity contribution in [3.05, 3.63) is 71.3 Å². The number of nitrogens with zero attached hydrogens (tertiary/aromatic N) is 2. The Labute approximate surface area is 180 Å². The van der Waals surface area contributed by atoms with Crippen LogP contribution < -0.4 is 10.1 Å². The smallest absolute Gasteiger partial charge is 0.347 e. The summed E-state index contributed by atoms with van der Waals surface area (Å²) in [6.45, 7) is 5.05. The highest BCUT2D eigenvalue weighted by molar-refractivity contribution is 5.94. The molecular weight excluding hydrogens is 398 g/mol. The van der Waals surface area contributed by atoms with Crippen LogP contribution in [-0.4, -0.2) is 29.2 Å². The fourth-order valence-corrected chi connectivity index (χ4v) is 3.06. The van der Waals surface area contributed by atoms with Crippen molar-refractivity contribution in [2.45, 2.75) is 33.4 Å². The molecule has 0 unspecified atom stereocenters. The molecule has 1 atom stereocenters. The lowest BCUT2D eigenvalue weighted by atomic mass is 10.2. The Bertz CT molecular complexity index is 1090. The van der Waals surface area contributed by atoms with Crippen molar-refractivity contribution < 1.29 is 23.5 Å². The summed E-state index contributed by atoms with van der Waals surface area (Å²) in [4.78, 5) is 24.6. The first-order valence-electron chi connectivity index (χ1n) is 9.71. The second-order valence-electron chi connectivity index (χ2n) is 6.94. The number of hydrogen-bond donors (Lipinski definition) is 1. The van der Waals surface area contributed by atoms with Gasteiger partial charge in [-0.15, -0.1) is 0 Å². The van der Waals surface area contributed by atoms with Gasteiger partial charge in [0.1, 0.15) is 23.4 Å². The van der Waals surface area contributed by atoms with Crippen molar-refractivity contribution >= 4 is 17.7 Å². The number of nitriles is 1. The van der Waals surface area contributed by atoms with Crippen LogP contribution in [-0.2, 0) is 20.9 Å². The molecule has 2 aromatic heterocycles. The van der Waals surface area contributed by atoms with Crippen LogP contribution in [0.5, 0.6) is 5.75 Å². The van der Waals surface area contributed by atoms with E-state index in [1.54, 1.807) is 48.1 Å². The molecule has 160 valence electrons. The van der Waals surface area contributed by atoms with Crippen LogP contribution >= 0.6 is 0 Å². The molecule has 0 saturated carbocycles. The van der Waals surface area contributed by atoms with Crippen LogP contribution in [0.25, 0.3) is 0 Å². The minimum absolute atomic E-state index is 0.337. The lowest BCUT2D eigenvalue weighted by molar-refractivity contribution is -0.153. The number of carbonyl (C=O) groups excluding carboxylic acids is 2. The predicted molar refractivity (Wildman–Crippen MR) is 113 cm³/mol. The number of carbonyl (C=O) groups is 2. The van der Waals surface area contributed by atoms with Gasteiger partial charge >= 0.3 is 5.97 Å². The zero-order chi connectivity index (χ0) is 22.4. The van der Waals surface area contributed by atoms with Crippen LogP contribution in [0, 0.1) is 25.2 Å².